The summed E-state index contributed by atoms with van der Waals surface area (Å²) in [5.41, 5.74) is 4.82. The van der Waals surface area contributed by atoms with Gasteiger partial charge < -0.3 is 5.43 Å². The molecule has 5 nitrogen and oxygen atoms in total. The number of hydrogen-bond acceptors (Lipinski definition) is 4. The largest absolute Gasteiger partial charge is 0.323 e. The summed E-state index contributed by atoms with van der Waals surface area (Å²) in [5.74, 6) is 0. The van der Waals surface area contributed by atoms with E-state index in [4.69, 9.17) is 0 Å². The normalized spacial score (nSPS) is 10.5. The van der Waals surface area contributed by atoms with E-state index in [1.54, 1.807) is 12.5 Å². The van der Waals surface area contributed by atoms with Crippen LogP contribution in [0.4, 0.5) is 0 Å². The van der Waals surface area contributed by atoms with Crippen LogP contribution in [0.2, 0.25) is 0 Å². The average Bonchev–Trinajstić information content (AvgIpc) is 2.58. The SMILES string of the molecule is CCCNn1cnc2cncnc21. The van der Waals surface area contributed by atoms with Gasteiger partial charge in [-0.15, -0.1) is 0 Å². The Balaban J connectivity index is 2.35. The molecule has 0 radical (unpaired) electrons. The Morgan fingerprint density at radius 2 is 2.38 bits per heavy atom. The lowest BCUT2D eigenvalue weighted by Crippen LogP contribution is -2.14. The van der Waals surface area contributed by atoms with Crippen molar-refractivity contribution in [3.05, 3.63) is 18.9 Å². The molecule has 0 bridgehead atoms. The topological polar surface area (TPSA) is 55.6 Å². The highest BCUT2D eigenvalue weighted by Gasteiger charge is 2.00. The molecule has 2 aromatic rings. The molecule has 68 valence electrons. The third kappa shape index (κ3) is 1.44. The smallest absolute Gasteiger partial charge is 0.181 e. The van der Waals surface area contributed by atoms with Crippen LogP contribution in [0, 0.1) is 0 Å². The Morgan fingerprint density at radius 3 is 3.23 bits per heavy atom. The molecule has 0 aliphatic carbocycles. The molecule has 0 fully saturated rings. The number of nitrogens with one attached hydrogen (secondary N) is 1. The Hall–Kier alpha value is -1.65. The monoisotopic (exact) mass is 177 g/mol. The summed E-state index contributed by atoms with van der Waals surface area (Å²) in [6, 6.07) is 0. The molecule has 5 heteroatoms. The zero-order chi connectivity index (χ0) is 9.10. The van der Waals surface area contributed by atoms with E-state index in [2.05, 4.69) is 27.3 Å². The summed E-state index contributed by atoms with van der Waals surface area (Å²) in [6.07, 6.45) is 6.01. The van der Waals surface area contributed by atoms with Gasteiger partial charge in [0.25, 0.3) is 0 Å². The predicted molar refractivity (Wildman–Crippen MR) is 49.8 cm³/mol. The zero-order valence-electron chi connectivity index (χ0n) is 7.44. The third-order valence-electron chi connectivity index (χ3n) is 1.75. The van der Waals surface area contributed by atoms with Crippen LogP contribution in [0.15, 0.2) is 18.9 Å². The third-order valence-corrected chi connectivity index (χ3v) is 1.75. The average molecular weight is 177 g/mol. The van der Waals surface area contributed by atoms with Crippen LogP contribution < -0.4 is 5.43 Å². The fraction of sp³-hybridized carbons (Fsp3) is 0.375. The maximum absolute atomic E-state index is 4.15. The second-order valence-electron chi connectivity index (χ2n) is 2.75. The van der Waals surface area contributed by atoms with Gasteiger partial charge in [0.15, 0.2) is 5.65 Å². The number of nitrogens with zero attached hydrogens (tertiary/aromatic N) is 4. The lowest BCUT2D eigenvalue weighted by Gasteiger charge is -2.04. The van der Waals surface area contributed by atoms with Gasteiger partial charge in [-0.3, -0.25) is 0 Å². The van der Waals surface area contributed by atoms with E-state index >= 15 is 0 Å². The summed E-state index contributed by atoms with van der Waals surface area (Å²) in [5, 5.41) is 0. The molecule has 0 unspecified atom stereocenters. The first-order chi connectivity index (χ1) is 6.42. The Kier molecular flexibility index (Phi) is 2.08. The van der Waals surface area contributed by atoms with Crippen molar-refractivity contribution in [1.82, 2.24) is 19.6 Å². The molecule has 0 saturated heterocycles. The molecular weight excluding hydrogens is 166 g/mol. The van der Waals surface area contributed by atoms with Gasteiger partial charge in [-0.25, -0.2) is 19.6 Å². The Labute approximate surface area is 75.8 Å². The van der Waals surface area contributed by atoms with Crippen LogP contribution in [0.3, 0.4) is 0 Å². The fourth-order valence-corrected chi connectivity index (χ4v) is 1.12. The summed E-state index contributed by atoms with van der Waals surface area (Å²) >= 11 is 0. The first kappa shape index (κ1) is 7.97. The summed E-state index contributed by atoms with van der Waals surface area (Å²) in [4.78, 5) is 12.2. The molecule has 1 N–H and O–H groups in total. The van der Waals surface area contributed by atoms with Crippen LogP contribution in [0.5, 0.6) is 0 Å². The molecule has 2 heterocycles. The number of aromatic nitrogens is 4. The number of imidazole rings is 1. The van der Waals surface area contributed by atoms with Crippen molar-refractivity contribution in [3.8, 4) is 0 Å². The molecule has 2 aromatic heterocycles. The molecule has 0 amide bonds. The molecule has 2 rings (SSSR count). The Bertz CT molecular complexity index is 394. The fourth-order valence-electron chi connectivity index (χ4n) is 1.12. The highest BCUT2D eigenvalue weighted by molar-refractivity contribution is 5.69. The van der Waals surface area contributed by atoms with Gasteiger partial charge in [-0.05, 0) is 6.42 Å². The minimum Gasteiger partial charge on any atom is -0.323 e. The van der Waals surface area contributed by atoms with E-state index in [9.17, 15) is 0 Å². The quantitative estimate of drug-likeness (QED) is 0.752. The molecule has 0 aliphatic heterocycles. The molecule has 0 aromatic carbocycles. The van der Waals surface area contributed by atoms with Crippen LogP contribution in [0.1, 0.15) is 13.3 Å². The minimum atomic E-state index is 0.811. The van der Waals surface area contributed by atoms with E-state index in [0.29, 0.717) is 0 Å². The van der Waals surface area contributed by atoms with Crippen LogP contribution in [0.25, 0.3) is 11.2 Å². The van der Waals surface area contributed by atoms with Crippen LogP contribution in [-0.4, -0.2) is 26.2 Å². The lowest BCUT2D eigenvalue weighted by molar-refractivity contribution is 0.817. The Morgan fingerprint density at radius 1 is 1.46 bits per heavy atom. The highest BCUT2D eigenvalue weighted by atomic mass is 15.4. The van der Waals surface area contributed by atoms with Gasteiger partial charge in [0.1, 0.15) is 18.2 Å². The molecule has 13 heavy (non-hydrogen) atoms. The predicted octanol–water partition coefficient (Wildman–Crippen LogP) is 0.780. The molecular formula is C8H11N5. The number of hydrogen-bond donors (Lipinski definition) is 1. The molecule has 0 atom stereocenters. The van der Waals surface area contributed by atoms with Gasteiger partial charge >= 0.3 is 0 Å². The number of fused-ring (bicyclic) bond motifs is 1. The van der Waals surface area contributed by atoms with Gasteiger partial charge in [-0.2, -0.15) is 0 Å². The van der Waals surface area contributed by atoms with E-state index in [1.165, 1.54) is 6.33 Å². The van der Waals surface area contributed by atoms with Gasteiger partial charge in [0, 0.05) is 6.54 Å². The van der Waals surface area contributed by atoms with Gasteiger partial charge in [0.05, 0.1) is 6.20 Å². The maximum Gasteiger partial charge on any atom is 0.181 e. The van der Waals surface area contributed by atoms with Crippen molar-refractivity contribution >= 4 is 11.2 Å². The van der Waals surface area contributed by atoms with E-state index in [0.717, 1.165) is 24.1 Å². The van der Waals surface area contributed by atoms with Crippen molar-refractivity contribution in [1.29, 1.82) is 0 Å². The van der Waals surface area contributed by atoms with E-state index in [1.807, 2.05) is 4.68 Å². The summed E-state index contributed by atoms with van der Waals surface area (Å²) < 4.78 is 1.82. The first-order valence-corrected chi connectivity index (χ1v) is 4.28. The summed E-state index contributed by atoms with van der Waals surface area (Å²) in [7, 11) is 0. The first-order valence-electron chi connectivity index (χ1n) is 4.28. The lowest BCUT2D eigenvalue weighted by atomic mass is 10.5. The van der Waals surface area contributed by atoms with Crippen molar-refractivity contribution < 1.29 is 0 Å². The van der Waals surface area contributed by atoms with Crippen molar-refractivity contribution in [2.24, 2.45) is 0 Å². The molecule has 0 spiro atoms. The van der Waals surface area contributed by atoms with Crippen LogP contribution >= 0.6 is 0 Å². The maximum atomic E-state index is 4.15. The standard InChI is InChI=1S/C8H11N5/c1-2-3-12-13-6-11-7-4-9-5-10-8(7)13/h4-6,12H,2-3H2,1H3. The van der Waals surface area contributed by atoms with Crippen molar-refractivity contribution in [2.75, 3.05) is 12.0 Å². The number of rotatable bonds is 3. The minimum absolute atomic E-state index is 0.811. The molecule has 0 saturated carbocycles. The zero-order valence-corrected chi connectivity index (χ0v) is 7.44. The van der Waals surface area contributed by atoms with E-state index < -0.39 is 0 Å². The second-order valence-corrected chi connectivity index (χ2v) is 2.75. The van der Waals surface area contributed by atoms with Crippen molar-refractivity contribution in [3.63, 3.8) is 0 Å². The van der Waals surface area contributed by atoms with E-state index in [-0.39, 0.29) is 0 Å². The highest BCUT2D eigenvalue weighted by Crippen LogP contribution is 2.04. The second kappa shape index (κ2) is 3.38. The van der Waals surface area contributed by atoms with Gasteiger partial charge in [0.2, 0.25) is 0 Å². The van der Waals surface area contributed by atoms with Crippen molar-refractivity contribution in [2.45, 2.75) is 13.3 Å². The molecule has 0 aliphatic rings. The summed E-state index contributed by atoms with van der Waals surface area (Å²) in [6.45, 7) is 3.02. The van der Waals surface area contributed by atoms with Crippen LogP contribution in [-0.2, 0) is 0 Å². The van der Waals surface area contributed by atoms with Gasteiger partial charge in [-0.1, -0.05) is 6.92 Å².